The van der Waals surface area contributed by atoms with Crippen molar-refractivity contribution in [1.29, 1.82) is 0 Å². The maximum Gasteiger partial charge on any atom is 0.265 e. The number of aryl methyl sites for hydroxylation is 2. The molecule has 2 heterocycles. The van der Waals surface area contributed by atoms with E-state index in [2.05, 4.69) is 5.32 Å². The first-order valence-electron chi connectivity index (χ1n) is 10.1. The Labute approximate surface area is 181 Å². The van der Waals surface area contributed by atoms with Crippen LogP contribution in [0.1, 0.15) is 28.4 Å². The molecule has 2 aliphatic heterocycles. The van der Waals surface area contributed by atoms with Gasteiger partial charge in [-0.2, -0.15) is 4.31 Å². The molecule has 9 heteroatoms. The van der Waals surface area contributed by atoms with E-state index in [9.17, 15) is 18.0 Å². The summed E-state index contributed by atoms with van der Waals surface area (Å²) in [5, 5.41) is 2.67. The molecule has 2 amide bonds. The van der Waals surface area contributed by atoms with Crippen LogP contribution in [0.4, 0.5) is 5.69 Å². The highest BCUT2D eigenvalue weighted by Crippen LogP contribution is 2.33. The van der Waals surface area contributed by atoms with Gasteiger partial charge in [-0.25, -0.2) is 8.42 Å². The summed E-state index contributed by atoms with van der Waals surface area (Å²) in [4.78, 5) is 26.5. The molecule has 0 unspecified atom stereocenters. The van der Waals surface area contributed by atoms with Crippen LogP contribution in [0.3, 0.4) is 0 Å². The van der Waals surface area contributed by atoms with Gasteiger partial charge >= 0.3 is 0 Å². The van der Waals surface area contributed by atoms with E-state index in [1.54, 1.807) is 17.9 Å². The molecule has 0 radical (unpaired) electrons. The van der Waals surface area contributed by atoms with Gasteiger partial charge in [-0.15, -0.1) is 0 Å². The van der Waals surface area contributed by atoms with Crippen LogP contribution in [0.25, 0.3) is 0 Å². The Morgan fingerprint density at radius 1 is 1.03 bits per heavy atom. The predicted octanol–water partition coefficient (Wildman–Crippen LogP) is 2.17. The first kappa shape index (κ1) is 21.3. The Hall–Kier alpha value is -2.91. The normalized spacial score (nSPS) is 19.4. The van der Waals surface area contributed by atoms with Crippen LogP contribution in [0, 0.1) is 13.8 Å². The Morgan fingerprint density at radius 2 is 1.68 bits per heavy atom. The van der Waals surface area contributed by atoms with Crippen molar-refractivity contribution in [2.45, 2.75) is 31.8 Å². The lowest BCUT2D eigenvalue weighted by atomic mass is 10.1. The molecule has 0 aromatic heterocycles. The van der Waals surface area contributed by atoms with Crippen LogP contribution in [0.15, 0.2) is 41.3 Å². The molecule has 164 valence electrons. The van der Waals surface area contributed by atoms with E-state index in [1.807, 2.05) is 32.0 Å². The van der Waals surface area contributed by atoms with Crippen molar-refractivity contribution in [2.24, 2.45) is 0 Å². The smallest absolute Gasteiger partial charge is 0.265 e. The van der Waals surface area contributed by atoms with E-state index in [0.717, 1.165) is 11.1 Å². The molecule has 1 atom stereocenters. The molecule has 1 fully saturated rings. The maximum atomic E-state index is 13.1. The number of fused-ring (bicyclic) bond motifs is 1. The van der Waals surface area contributed by atoms with Gasteiger partial charge in [0.05, 0.1) is 10.6 Å². The summed E-state index contributed by atoms with van der Waals surface area (Å²) in [6.45, 7) is 6.55. The minimum atomic E-state index is -3.77. The number of carbonyl (C=O) groups is 2. The van der Waals surface area contributed by atoms with Crippen LogP contribution in [0.5, 0.6) is 5.75 Å². The molecule has 2 aromatic carbocycles. The number of hydrogen-bond donors (Lipinski definition) is 1. The largest absolute Gasteiger partial charge is 0.479 e. The van der Waals surface area contributed by atoms with E-state index >= 15 is 0 Å². The van der Waals surface area contributed by atoms with Crippen molar-refractivity contribution in [3.8, 4) is 5.75 Å². The molecule has 4 rings (SSSR count). The van der Waals surface area contributed by atoms with Gasteiger partial charge in [0, 0.05) is 31.7 Å². The summed E-state index contributed by atoms with van der Waals surface area (Å²) in [6.07, 6.45) is -0.627. The summed E-state index contributed by atoms with van der Waals surface area (Å²) >= 11 is 0. The molecule has 2 aliphatic rings. The highest BCUT2D eigenvalue weighted by atomic mass is 32.2. The topological polar surface area (TPSA) is 96.0 Å². The number of amides is 2. The molecule has 8 nitrogen and oxygen atoms in total. The SMILES string of the molecule is Cc1cc(C)cc(C(=O)N2CCN(S(=O)(=O)c3ccc4c(c3)NC(=O)[C@@H](C)O4)CC2)c1. The molecule has 0 spiro atoms. The number of ether oxygens (including phenoxy) is 1. The van der Waals surface area contributed by atoms with Gasteiger partial charge in [0.2, 0.25) is 10.0 Å². The Bertz CT molecular complexity index is 1130. The Kier molecular flexibility index (Phi) is 5.49. The van der Waals surface area contributed by atoms with E-state index in [1.165, 1.54) is 16.4 Å². The number of nitrogens with zero attached hydrogens (tertiary/aromatic N) is 2. The number of benzene rings is 2. The van der Waals surface area contributed by atoms with E-state index < -0.39 is 16.1 Å². The number of hydrogen-bond acceptors (Lipinski definition) is 5. The third-order valence-electron chi connectivity index (χ3n) is 5.51. The molecular formula is C22H25N3O5S. The third-order valence-corrected chi connectivity index (χ3v) is 7.41. The Morgan fingerprint density at radius 3 is 2.32 bits per heavy atom. The van der Waals surface area contributed by atoms with Gasteiger partial charge in [-0.1, -0.05) is 17.2 Å². The number of rotatable bonds is 3. The molecule has 1 N–H and O–H groups in total. The summed E-state index contributed by atoms with van der Waals surface area (Å²) < 4.78 is 33.1. The van der Waals surface area contributed by atoms with Crippen LogP contribution in [-0.4, -0.2) is 61.7 Å². The zero-order valence-corrected chi connectivity index (χ0v) is 18.5. The fourth-order valence-electron chi connectivity index (χ4n) is 3.91. The third kappa shape index (κ3) is 4.15. The number of sulfonamides is 1. The van der Waals surface area contributed by atoms with E-state index in [4.69, 9.17) is 4.74 Å². The van der Waals surface area contributed by atoms with E-state index in [0.29, 0.717) is 30.1 Å². The number of anilines is 1. The first-order chi connectivity index (χ1) is 14.6. The second-order valence-electron chi connectivity index (χ2n) is 7.98. The Balaban J connectivity index is 1.47. The quantitative estimate of drug-likeness (QED) is 0.784. The monoisotopic (exact) mass is 443 g/mol. The van der Waals surface area contributed by atoms with Gasteiger partial charge in [0.15, 0.2) is 6.10 Å². The second kappa shape index (κ2) is 7.97. The van der Waals surface area contributed by atoms with Gasteiger partial charge in [-0.05, 0) is 51.1 Å². The van der Waals surface area contributed by atoms with Crippen LogP contribution in [-0.2, 0) is 14.8 Å². The van der Waals surface area contributed by atoms with Crippen LogP contribution < -0.4 is 10.1 Å². The fraction of sp³-hybridized carbons (Fsp3) is 0.364. The fourth-order valence-corrected chi connectivity index (χ4v) is 5.36. The first-order valence-corrected chi connectivity index (χ1v) is 11.6. The molecule has 2 aromatic rings. The summed E-state index contributed by atoms with van der Waals surface area (Å²) in [6, 6.07) is 10.2. The number of piperazine rings is 1. The maximum absolute atomic E-state index is 13.1. The molecular weight excluding hydrogens is 418 g/mol. The molecule has 31 heavy (non-hydrogen) atoms. The van der Waals surface area contributed by atoms with Crippen molar-refractivity contribution >= 4 is 27.5 Å². The standard InChI is InChI=1S/C22H25N3O5S/c1-14-10-15(2)12-17(11-14)22(27)24-6-8-25(9-7-24)31(28,29)18-4-5-20-19(13-18)23-21(26)16(3)30-20/h4-5,10-13,16H,6-9H2,1-3H3,(H,23,26)/t16-/m1/s1. The van der Waals surface area contributed by atoms with Crippen molar-refractivity contribution in [2.75, 3.05) is 31.5 Å². The van der Waals surface area contributed by atoms with Crippen molar-refractivity contribution in [3.63, 3.8) is 0 Å². The zero-order chi connectivity index (χ0) is 22.3. The number of carbonyl (C=O) groups excluding carboxylic acids is 2. The highest BCUT2D eigenvalue weighted by molar-refractivity contribution is 7.89. The average molecular weight is 444 g/mol. The number of nitrogens with one attached hydrogen (secondary N) is 1. The lowest BCUT2D eigenvalue weighted by Crippen LogP contribution is -2.50. The predicted molar refractivity (Wildman–Crippen MR) is 116 cm³/mol. The molecule has 0 saturated carbocycles. The minimum Gasteiger partial charge on any atom is -0.479 e. The van der Waals surface area contributed by atoms with Crippen LogP contribution >= 0.6 is 0 Å². The summed E-state index contributed by atoms with van der Waals surface area (Å²) in [5.74, 6) is 0.0297. The van der Waals surface area contributed by atoms with Crippen molar-refractivity contribution < 1.29 is 22.7 Å². The van der Waals surface area contributed by atoms with Gasteiger partial charge in [0.1, 0.15) is 5.75 Å². The lowest BCUT2D eigenvalue weighted by Gasteiger charge is -2.34. The summed E-state index contributed by atoms with van der Waals surface area (Å²) in [5.41, 5.74) is 2.99. The van der Waals surface area contributed by atoms with E-state index in [-0.39, 0.29) is 29.8 Å². The molecule has 0 aliphatic carbocycles. The lowest BCUT2D eigenvalue weighted by molar-refractivity contribution is -0.122. The van der Waals surface area contributed by atoms with Gasteiger partial charge < -0.3 is 15.0 Å². The van der Waals surface area contributed by atoms with Crippen molar-refractivity contribution in [1.82, 2.24) is 9.21 Å². The van der Waals surface area contributed by atoms with Crippen molar-refractivity contribution in [3.05, 3.63) is 53.1 Å². The summed E-state index contributed by atoms with van der Waals surface area (Å²) in [7, 11) is -3.77. The highest BCUT2D eigenvalue weighted by Gasteiger charge is 2.32. The second-order valence-corrected chi connectivity index (χ2v) is 9.92. The molecule has 0 bridgehead atoms. The molecule has 1 saturated heterocycles. The zero-order valence-electron chi connectivity index (χ0n) is 17.7. The van der Waals surface area contributed by atoms with Crippen LogP contribution in [0.2, 0.25) is 0 Å². The van der Waals surface area contributed by atoms with Gasteiger partial charge in [-0.3, -0.25) is 9.59 Å². The minimum absolute atomic E-state index is 0.0822. The average Bonchev–Trinajstić information content (AvgIpc) is 2.73. The van der Waals surface area contributed by atoms with Gasteiger partial charge in [0.25, 0.3) is 11.8 Å².